The normalized spacial score (nSPS) is 23.8. The number of hydrogen-bond acceptors (Lipinski definition) is 4. The Hall–Kier alpha value is -0.160. The van der Waals surface area contributed by atoms with E-state index in [2.05, 4.69) is 17.1 Å². The van der Waals surface area contributed by atoms with E-state index in [1.807, 2.05) is 0 Å². The van der Waals surface area contributed by atoms with E-state index in [4.69, 9.17) is 9.47 Å². The molecular weight excluding hydrogens is 216 g/mol. The highest BCUT2D eigenvalue weighted by atomic mass is 16.5. The quantitative estimate of drug-likeness (QED) is 0.649. The maximum absolute atomic E-state index is 5.27. The molecule has 2 atom stereocenters. The Balaban J connectivity index is 2.31. The summed E-state index contributed by atoms with van der Waals surface area (Å²) in [7, 11) is 3.53. The van der Waals surface area contributed by atoms with Gasteiger partial charge in [-0.1, -0.05) is 6.42 Å². The van der Waals surface area contributed by atoms with Gasteiger partial charge in [0.25, 0.3) is 0 Å². The van der Waals surface area contributed by atoms with Gasteiger partial charge in [-0.2, -0.15) is 0 Å². The lowest BCUT2D eigenvalue weighted by Crippen LogP contribution is -2.51. The molecule has 0 radical (unpaired) electrons. The third-order valence-electron chi connectivity index (χ3n) is 3.51. The zero-order valence-electron chi connectivity index (χ0n) is 11.6. The number of ether oxygens (including phenoxy) is 2. The highest BCUT2D eigenvalue weighted by Crippen LogP contribution is 2.19. The Bertz CT molecular complexity index is 190. The van der Waals surface area contributed by atoms with Crippen LogP contribution >= 0.6 is 0 Å². The molecule has 1 aliphatic rings. The van der Waals surface area contributed by atoms with Gasteiger partial charge in [0, 0.05) is 39.4 Å². The Labute approximate surface area is 106 Å². The topological polar surface area (TPSA) is 33.7 Å². The fourth-order valence-electron chi connectivity index (χ4n) is 2.60. The summed E-state index contributed by atoms with van der Waals surface area (Å²) in [6.45, 7) is 7.10. The first kappa shape index (κ1) is 14.9. The van der Waals surface area contributed by atoms with E-state index in [0.29, 0.717) is 12.1 Å². The van der Waals surface area contributed by atoms with Crippen molar-refractivity contribution >= 4 is 0 Å². The molecule has 1 heterocycles. The number of hydrogen-bond donors (Lipinski definition) is 1. The molecule has 0 aromatic rings. The lowest BCUT2D eigenvalue weighted by atomic mass is 10.00. The molecule has 0 amide bonds. The van der Waals surface area contributed by atoms with Crippen LogP contribution in [0.4, 0.5) is 0 Å². The number of rotatable bonds is 8. The van der Waals surface area contributed by atoms with Gasteiger partial charge in [-0.25, -0.2) is 0 Å². The van der Waals surface area contributed by atoms with Gasteiger partial charge in [0.15, 0.2) is 0 Å². The van der Waals surface area contributed by atoms with Crippen molar-refractivity contribution in [2.45, 2.75) is 38.3 Å². The second-order valence-electron chi connectivity index (χ2n) is 4.89. The minimum atomic E-state index is 0.523. The SMILES string of the molecule is COCCNCC1CCCCN1C(C)COC. The average molecular weight is 244 g/mol. The van der Waals surface area contributed by atoms with Gasteiger partial charge in [0.05, 0.1) is 13.2 Å². The monoisotopic (exact) mass is 244 g/mol. The Morgan fingerprint density at radius 1 is 1.29 bits per heavy atom. The molecule has 1 N–H and O–H groups in total. The zero-order chi connectivity index (χ0) is 12.5. The minimum Gasteiger partial charge on any atom is -0.383 e. The van der Waals surface area contributed by atoms with Crippen LogP contribution in [0.5, 0.6) is 0 Å². The molecule has 1 rings (SSSR count). The third kappa shape index (κ3) is 5.34. The molecule has 0 bridgehead atoms. The van der Waals surface area contributed by atoms with Crippen molar-refractivity contribution in [2.24, 2.45) is 0 Å². The highest BCUT2D eigenvalue weighted by molar-refractivity contribution is 4.82. The Kier molecular flexibility index (Phi) is 7.77. The maximum atomic E-state index is 5.27. The molecule has 4 nitrogen and oxygen atoms in total. The number of nitrogens with zero attached hydrogens (tertiary/aromatic N) is 1. The van der Waals surface area contributed by atoms with Crippen LogP contribution in [0.1, 0.15) is 26.2 Å². The maximum Gasteiger partial charge on any atom is 0.0615 e. The Morgan fingerprint density at radius 3 is 2.82 bits per heavy atom. The molecule has 0 aromatic carbocycles. The van der Waals surface area contributed by atoms with E-state index in [1.54, 1.807) is 14.2 Å². The molecule has 0 aromatic heterocycles. The molecule has 4 heteroatoms. The highest BCUT2D eigenvalue weighted by Gasteiger charge is 2.25. The molecule has 1 fully saturated rings. The number of piperidine rings is 1. The van der Waals surface area contributed by atoms with Gasteiger partial charge < -0.3 is 14.8 Å². The van der Waals surface area contributed by atoms with Crippen molar-refractivity contribution in [1.82, 2.24) is 10.2 Å². The smallest absolute Gasteiger partial charge is 0.0615 e. The lowest BCUT2D eigenvalue weighted by molar-refractivity contribution is 0.0482. The first-order valence-corrected chi connectivity index (χ1v) is 6.74. The van der Waals surface area contributed by atoms with Gasteiger partial charge in [-0.3, -0.25) is 4.90 Å². The van der Waals surface area contributed by atoms with Crippen molar-refractivity contribution in [3.63, 3.8) is 0 Å². The van der Waals surface area contributed by atoms with Crippen LogP contribution in [0.25, 0.3) is 0 Å². The first-order chi connectivity index (χ1) is 8.29. The van der Waals surface area contributed by atoms with Gasteiger partial charge in [0.1, 0.15) is 0 Å². The van der Waals surface area contributed by atoms with E-state index in [1.165, 1.54) is 25.8 Å². The summed E-state index contributed by atoms with van der Waals surface area (Å²) in [5, 5.41) is 3.48. The molecule has 17 heavy (non-hydrogen) atoms. The number of likely N-dealkylation sites (tertiary alicyclic amines) is 1. The summed E-state index contributed by atoms with van der Waals surface area (Å²) in [5.41, 5.74) is 0. The molecule has 0 saturated carbocycles. The van der Waals surface area contributed by atoms with Crippen LogP contribution < -0.4 is 5.32 Å². The van der Waals surface area contributed by atoms with Gasteiger partial charge in [-0.05, 0) is 26.3 Å². The Morgan fingerprint density at radius 2 is 2.12 bits per heavy atom. The summed E-state index contributed by atoms with van der Waals surface area (Å²) in [4.78, 5) is 2.59. The van der Waals surface area contributed by atoms with Gasteiger partial charge in [0.2, 0.25) is 0 Å². The second-order valence-corrected chi connectivity index (χ2v) is 4.89. The fraction of sp³-hybridized carbons (Fsp3) is 1.00. The minimum absolute atomic E-state index is 0.523. The summed E-state index contributed by atoms with van der Waals surface area (Å²) >= 11 is 0. The van der Waals surface area contributed by atoms with Gasteiger partial charge in [-0.15, -0.1) is 0 Å². The third-order valence-corrected chi connectivity index (χ3v) is 3.51. The van der Waals surface area contributed by atoms with Crippen LogP contribution in [0, 0.1) is 0 Å². The molecule has 0 spiro atoms. The van der Waals surface area contributed by atoms with Crippen LogP contribution in [0.15, 0.2) is 0 Å². The largest absolute Gasteiger partial charge is 0.383 e. The summed E-state index contributed by atoms with van der Waals surface area (Å²) in [6.07, 6.45) is 3.98. The molecule has 102 valence electrons. The van der Waals surface area contributed by atoms with Gasteiger partial charge >= 0.3 is 0 Å². The number of methoxy groups -OCH3 is 2. The predicted octanol–water partition coefficient (Wildman–Crippen LogP) is 1.11. The van der Waals surface area contributed by atoms with E-state index < -0.39 is 0 Å². The van der Waals surface area contributed by atoms with Crippen LogP contribution in [-0.4, -0.2) is 64.1 Å². The van der Waals surface area contributed by atoms with Crippen molar-refractivity contribution in [1.29, 1.82) is 0 Å². The molecule has 1 aliphatic heterocycles. The van der Waals surface area contributed by atoms with Crippen molar-refractivity contribution < 1.29 is 9.47 Å². The number of nitrogens with one attached hydrogen (secondary N) is 1. The first-order valence-electron chi connectivity index (χ1n) is 6.74. The van der Waals surface area contributed by atoms with Crippen molar-refractivity contribution in [3.8, 4) is 0 Å². The summed E-state index contributed by atoms with van der Waals surface area (Å²) in [6, 6.07) is 1.18. The zero-order valence-corrected chi connectivity index (χ0v) is 11.6. The van der Waals surface area contributed by atoms with Crippen LogP contribution in [0.3, 0.4) is 0 Å². The van der Waals surface area contributed by atoms with E-state index in [0.717, 1.165) is 26.3 Å². The fourth-order valence-corrected chi connectivity index (χ4v) is 2.60. The molecule has 0 aliphatic carbocycles. The standard InChI is InChI=1S/C13H28N2O2/c1-12(11-17-3)15-8-5-4-6-13(15)10-14-7-9-16-2/h12-14H,4-11H2,1-3H3. The molecule has 2 unspecified atom stereocenters. The summed E-state index contributed by atoms with van der Waals surface area (Å²) in [5.74, 6) is 0. The summed E-state index contributed by atoms with van der Waals surface area (Å²) < 4.78 is 10.3. The second kappa shape index (κ2) is 8.86. The van der Waals surface area contributed by atoms with E-state index >= 15 is 0 Å². The van der Waals surface area contributed by atoms with Crippen molar-refractivity contribution in [2.75, 3.05) is 47.1 Å². The van der Waals surface area contributed by atoms with Crippen molar-refractivity contribution in [3.05, 3.63) is 0 Å². The molecule has 1 saturated heterocycles. The molecular formula is C13H28N2O2. The van der Waals surface area contributed by atoms with E-state index in [9.17, 15) is 0 Å². The average Bonchev–Trinajstić information content (AvgIpc) is 2.35. The lowest BCUT2D eigenvalue weighted by Gasteiger charge is -2.39. The van der Waals surface area contributed by atoms with Crippen LogP contribution in [-0.2, 0) is 9.47 Å². The van der Waals surface area contributed by atoms with E-state index in [-0.39, 0.29) is 0 Å². The van der Waals surface area contributed by atoms with Crippen LogP contribution in [0.2, 0.25) is 0 Å². The predicted molar refractivity (Wildman–Crippen MR) is 70.4 cm³/mol.